The molecule has 164 valence electrons. The second-order valence-electron chi connectivity index (χ2n) is 8.41. The number of carbonyl (C=O) groups excluding carboxylic acids is 1. The molecule has 3 aliphatic rings. The number of rotatable bonds is 5. The molecule has 0 bridgehead atoms. The van der Waals surface area contributed by atoms with Crippen LogP contribution in [-0.4, -0.2) is 62.4 Å². The van der Waals surface area contributed by atoms with E-state index in [1.807, 2.05) is 41.3 Å². The number of piperidine rings is 1. The zero-order valence-corrected chi connectivity index (χ0v) is 18.0. The summed E-state index contributed by atoms with van der Waals surface area (Å²) in [4.78, 5) is 17.6. The van der Waals surface area contributed by atoms with Crippen LogP contribution in [0.25, 0.3) is 0 Å². The van der Waals surface area contributed by atoms with Crippen molar-refractivity contribution in [3.63, 3.8) is 0 Å². The standard InChI is InChI=1S/C24H28N2O5/c1-28-19-7-5-17(6-8-19)24(27)26-13-18-4-3-9-25(20(18)14-26)12-16-10-21(29-2)23-22(11-16)30-15-31-23/h5-8,10-11,18,20H,3-4,9,12-15H2,1-2H3/t18-,20+/m1/s1. The maximum atomic E-state index is 13.1. The minimum Gasteiger partial charge on any atom is -0.497 e. The van der Waals surface area contributed by atoms with Crippen LogP contribution in [0.5, 0.6) is 23.0 Å². The predicted molar refractivity (Wildman–Crippen MR) is 115 cm³/mol. The van der Waals surface area contributed by atoms with Crippen LogP contribution >= 0.6 is 0 Å². The highest BCUT2D eigenvalue weighted by Crippen LogP contribution is 2.42. The molecule has 0 saturated carbocycles. The van der Waals surface area contributed by atoms with E-state index in [9.17, 15) is 4.79 Å². The summed E-state index contributed by atoms with van der Waals surface area (Å²) in [6, 6.07) is 11.8. The summed E-state index contributed by atoms with van der Waals surface area (Å²) in [5.74, 6) is 3.50. The average Bonchev–Trinajstić information content (AvgIpc) is 3.45. The molecule has 0 radical (unpaired) electrons. The molecule has 7 nitrogen and oxygen atoms in total. The van der Waals surface area contributed by atoms with Gasteiger partial charge in [-0.05, 0) is 67.3 Å². The van der Waals surface area contributed by atoms with Gasteiger partial charge in [-0.25, -0.2) is 0 Å². The van der Waals surface area contributed by atoms with Crippen molar-refractivity contribution in [2.75, 3.05) is 40.6 Å². The first-order valence-corrected chi connectivity index (χ1v) is 10.8. The fraction of sp³-hybridized carbons (Fsp3) is 0.458. The molecule has 2 aromatic rings. The molecule has 0 N–H and O–H groups in total. The van der Waals surface area contributed by atoms with Gasteiger partial charge in [0.1, 0.15) is 5.75 Å². The zero-order chi connectivity index (χ0) is 21.4. The van der Waals surface area contributed by atoms with E-state index < -0.39 is 0 Å². The van der Waals surface area contributed by atoms with E-state index in [2.05, 4.69) is 4.90 Å². The lowest BCUT2D eigenvalue weighted by Crippen LogP contribution is -2.44. The molecule has 2 aromatic carbocycles. The number of carbonyl (C=O) groups is 1. The topological polar surface area (TPSA) is 60.5 Å². The van der Waals surface area contributed by atoms with E-state index in [0.717, 1.165) is 56.1 Å². The smallest absolute Gasteiger partial charge is 0.253 e. The number of benzene rings is 2. The molecule has 31 heavy (non-hydrogen) atoms. The highest BCUT2D eigenvalue weighted by molar-refractivity contribution is 5.94. The lowest BCUT2D eigenvalue weighted by molar-refractivity contribution is 0.0774. The summed E-state index contributed by atoms with van der Waals surface area (Å²) < 4.78 is 21.8. The highest BCUT2D eigenvalue weighted by Gasteiger charge is 2.41. The number of likely N-dealkylation sites (tertiary alicyclic amines) is 2. The van der Waals surface area contributed by atoms with Crippen LogP contribution in [0.3, 0.4) is 0 Å². The van der Waals surface area contributed by atoms with E-state index in [0.29, 0.717) is 29.0 Å². The lowest BCUT2D eigenvalue weighted by atomic mass is 9.91. The molecule has 0 aliphatic carbocycles. The maximum absolute atomic E-state index is 13.1. The van der Waals surface area contributed by atoms with E-state index >= 15 is 0 Å². The summed E-state index contributed by atoms with van der Waals surface area (Å²) in [6.07, 6.45) is 2.31. The van der Waals surface area contributed by atoms with E-state index in [4.69, 9.17) is 18.9 Å². The second-order valence-corrected chi connectivity index (χ2v) is 8.41. The van der Waals surface area contributed by atoms with Crippen LogP contribution in [0.2, 0.25) is 0 Å². The van der Waals surface area contributed by atoms with Crippen LogP contribution in [0, 0.1) is 5.92 Å². The van der Waals surface area contributed by atoms with Crippen LogP contribution in [-0.2, 0) is 6.54 Å². The van der Waals surface area contributed by atoms with Crippen LogP contribution < -0.4 is 18.9 Å². The van der Waals surface area contributed by atoms with Gasteiger partial charge in [-0.1, -0.05) is 0 Å². The molecule has 0 unspecified atom stereocenters. The fourth-order valence-electron chi connectivity index (χ4n) is 5.06. The Labute approximate surface area is 182 Å². The largest absolute Gasteiger partial charge is 0.497 e. The predicted octanol–water partition coefficient (Wildman–Crippen LogP) is 3.17. The molecular formula is C24H28N2O5. The Hall–Kier alpha value is -2.93. The third kappa shape index (κ3) is 3.78. The molecule has 2 atom stereocenters. The number of fused-ring (bicyclic) bond motifs is 2. The van der Waals surface area contributed by atoms with Crippen LogP contribution in [0.4, 0.5) is 0 Å². The third-order valence-electron chi connectivity index (χ3n) is 6.62. The third-order valence-corrected chi connectivity index (χ3v) is 6.62. The van der Waals surface area contributed by atoms with Crippen molar-refractivity contribution in [2.24, 2.45) is 5.92 Å². The van der Waals surface area contributed by atoms with Crippen LogP contribution in [0.1, 0.15) is 28.8 Å². The van der Waals surface area contributed by atoms with Crippen molar-refractivity contribution >= 4 is 5.91 Å². The first-order valence-electron chi connectivity index (χ1n) is 10.8. The molecule has 0 spiro atoms. The molecule has 3 heterocycles. The summed E-state index contributed by atoms with van der Waals surface area (Å²) in [5.41, 5.74) is 1.85. The number of nitrogens with zero attached hydrogens (tertiary/aromatic N) is 2. The van der Waals surface area contributed by atoms with Crippen molar-refractivity contribution in [3.8, 4) is 23.0 Å². The van der Waals surface area contributed by atoms with Crippen molar-refractivity contribution in [3.05, 3.63) is 47.5 Å². The van der Waals surface area contributed by atoms with Crippen LogP contribution in [0.15, 0.2) is 36.4 Å². The van der Waals surface area contributed by atoms with E-state index in [-0.39, 0.29) is 12.7 Å². The van der Waals surface area contributed by atoms with Gasteiger partial charge in [-0.3, -0.25) is 9.69 Å². The van der Waals surface area contributed by atoms with Crippen molar-refractivity contribution < 1.29 is 23.7 Å². The number of ether oxygens (including phenoxy) is 4. The summed E-state index contributed by atoms with van der Waals surface area (Å²) >= 11 is 0. The highest BCUT2D eigenvalue weighted by atomic mass is 16.7. The van der Waals surface area contributed by atoms with Gasteiger partial charge in [0.25, 0.3) is 5.91 Å². The summed E-state index contributed by atoms with van der Waals surface area (Å²) in [7, 11) is 3.28. The minimum absolute atomic E-state index is 0.0988. The van der Waals surface area contributed by atoms with Gasteiger partial charge >= 0.3 is 0 Å². The Morgan fingerprint density at radius 2 is 1.94 bits per heavy atom. The monoisotopic (exact) mass is 424 g/mol. The Morgan fingerprint density at radius 3 is 2.71 bits per heavy atom. The molecule has 7 heteroatoms. The summed E-state index contributed by atoms with van der Waals surface area (Å²) in [5, 5.41) is 0. The van der Waals surface area contributed by atoms with Gasteiger partial charge in [0, 0.05) is 31.2 Å². The summed E-state index contributed by atoms with van der Waals surface area (Å²) in [6.45, 7) is 3.64. The number of methoxy groups -OCH3 is 2. The van der Waals surface area contributed by atoms with Gasteiger partial charge in [-0.15, -0.1) is 0 Å². The Morgan fingerprint density at radius 1 is 1.10 bits per heavy atom. The first kappa shape index (κ1) is 20.0. The number of amides is 1. The second kappa shape index (κ2) is 8.30. The minimum atomic E-state index is 0.0988. The van der Waals surface area contributed by atoms with Gasteiger partial charge in [0.2, 0.25) is 12.5 Å². The molecule has 3 aliphatic heterocycles. The van der Waals surface area contributed by atoms with E-state index in [1.54, 1.807) is 14.2 Å². The van der Waals surface area contributed by atoms with Crippen molar-refractivity contribution in [2.45, 2.75) is 25.4 Å². The molecule has 1 amide bonds. The zero-order valence-electron chi connectivity index (χ0n) is 18.0. The van der Waals surface area contributed by atoms with Crippen molar-refractivity contribution in [1.29, 1.82) is 0 Å². The SMILES string of the molecule is COc1ccc(C(=O)N2C[C@H]3CCCN(Cc4cc(OC)c5c(c4)OCO5)[C@H]3C2)cc1. The van der Waals surface area contributed by atoms with Gasteiger partial charge in [-0.2, -0.15) is 0 Å². The number of hydrogen-bond acceptors (Lipinski definition) is 6. The quantitative estimate of drug-likeness (QED) is 0.735. The average molecular weight is 424 g/mol. The van der Waals surface area contributed by atoms with Gasteiger partial charge in [0.15, 0.2) is 11.5 Å². The molecule has 5 rings (SSSR count). The van der Waals surface area contributed by atoms with Gasteiger partial charge < -0.3 is 23.8 Å². The fourth-order valence-corrected chi connectivity index (χ4v) is 5.06. The molecular weight excluding hydrogens is 396 g/mol. The van der Waals surface area contributed by atoms with E-state index in [1.165, 1.54) is 0 Å². The molecule has 2 fully saturated rings. The normalized spacial score (nSPS) is 22.3. The van der Waals surface area contributed by atoms with Gasteiger partial charge in [0.05, 0.1) is 14.2 Å². The Balaban J connectivity index is 1.31. The Kier molecular flexibility index (Phi) is 5.36. The van der Waals surface area contributed by atoms with Crippen molar-refractivity contribution in [1.82, 2.24) is 9.80 Å². The molecule has 2 saturated heterocycles. The number of hydrogen-bond donors (Lipinski definition) is 0. The lowest BCUT2D eigenvalue weighted by Gasteiger charge is -2.36. The Bertz CT molecular complexity index is 961. The molecule has 0 aromatic heterocycles. The first-order chi connectivity index (χ1) is 15.2. The maximum Gasteiger partial charge on any atom is 0.253 e.